The number of H-pyrrole nitrogens is 1. The summed E-state index contributed by atoms with van der Waals surface area (Å²) in [7, 11) is 0. The van der Waals surface area contributed by atoms with Crippen LogP contribution in [0.15, 0.2) is 42.7 Å². The van der Waals surface area contributed by atoms with E-state index >= 15 is 0 Å². The second-order valence-electron chi connectivity index (χ2n) is 4.98. The van der Waals surface area contributed by atoms with Gasteiger partial charge in [0.1, 0.15) is 5.82 Å². The smallest absolute Gasteiger partial charge is 0.125 e. The first-order valence-electron chi connectivity index (χ1n) is 6.54. The number of benzene rings is 1. The number of aromatic nitrogens is 2. The average molecular weight is 243 g/mol. The fourth-order valence-corrected chi connectivity index (χ4v) is 1.92. The van der Waals surface area contributed by atoms with Crippen LogP contribution in [0.3, 0.4) is 0 Å². The van der Waals surface area contributed by atoms with Gasteiger partial charge < -0.3 is 9.88 Å². The Bertz CT molecular complexity index is 434. The number of nitrogens with zero attached hydrogens (tertiary/aromatic N) is 2. The Balaban J connectivity index is 2.07. The van der Waals surface area contributed by atoms with E-state index < -0.39 is 0 Å². The van der Waals surface area contributed by atoms with Crippen molar-refractivity contribution in [3.8, 4) is 0 Å². The zero-order valence-electron chi connectivity index (χ0n) is 11.1. The topological polar surface area (TPSA) is 31.9 Å². The molecule has 0 aliphatic carbocycles. The Labute approximate surface area is 109 Å². The number of anilines is 1. The maximum absolute atomic E-state index is 4.31. The van der Waals surface area contributed by atoms with E-state index in [1.807, 2.05) is 6.20 Å². The monoisotopic (exact) mass is 243 g/mol. The molecule has 3 nitrogen and oxygen atoms in total. The van der Waals surface area contributed by atoms with Crippen molar-refractivity contribution in [3.63, 3.8) is 0 Å². The summed E-state index contributed by atoms with van der Waals surface area (Å²) in [6.45, 7) is 6.41. The van der Waals surface area contributed by atoms with E-state index in [2.05, 4.69) is 59.0 Å². The van der Waals surface area contributed by atoms with Crippen molar-refractivity contribution in [1.29, 1.82) is 0 Å². The zero-order chi connectivity index (χ0) is 12.8. The van der Waals surface area contributed by atoms with Gasteiger partial charge in [0, 0.05) is 24.6 Å². The third-order valence-electron chi connectivity index (χ3n) is 2.99. The van der Waals surface area contributed by atoms with E-state index in [0.29, 0.717) is 5.92 Å². The standard InChI is InChI=1S/C15H21N3/c1-13(2)8-11-18(12-15-16-9-10-17-15)14-6-4-3-5-7-14/h3-7,9-10,13H,8,11-12H2,1-2H3,(H,16,17). The van der Waals surface area contributed by atoms with Gasteiger partial charge in [-0.2, -0.15) is 0 Å². The summed E-state index contributed by atoms with van der Waals surface area (Å²) < 4.78 is 0. The van der Waals surface area contributed by atoms with Crippen LogP contribution in [0.4, 0.5) is 5.69 Å². The van der Waals surface area contributed by atoms with Crippen molar-refractivity contribution < 1.29 is 0 Å². The zero-order valence-corrected chi connectivity index (χ0v) is 11.1. The molecule has 0 bridgehead atoms. The lowest BCUT2D eigenvalue weighted by molar-refractivity contribution is 0.568. The molecule has 0 aliphatic rings. The second kappa shape index (κ2) is 6.24. The highest BCUT2D eigenvalue weighted by atomic mass is 15.1. The molecular formula is C15H21N3. The number of para-hydroxylation sites is 1. The third kappa shape index (κ3) is 3.62. The molecule has 0 radical (unpaired) electrons. The number of rotatable bonds is 6. The molecule has 18 heavy (non-hydrogen) atoms. The number of hydrogen-bond acceptors (Lipinski definition) is 2. The van der Waals surface area contributed by atoms with E-state index in [4.69, 9.17) is 0 Å². The van der Waals surface area contributed by atoms with Gasteiger partial charge in [0.25, 0.3) is 0 Å². The van der Waals surface area contributed by atoms with Gasteiger partial charge in [0.2, 0.25) is 0 Å². The third-order valence-corrected chi connectivity index (χ3v) is 2.99. The van der Waals surface area contributed by atoms with E-state index in [9.17, 15) is 0 Å². The van der Waals surface area contributed by atoms with E-state index in [1.54, 1.807) is 6.20 Å². The minimum Gasteiger partial charge on any atom is -0.364 e. The van der Waals surface area contributed by atoms with E-state index in [1.165, 1.54) is 12.1 Å². The van der Waals surface area contributed by atoms with Gasteiger partial charge in [-0.3, -0.25) is 0 Å². The summed E-state index contributed by atoms with van der Waals surface area (Å²) >= 11 is 0. The molecule has 1 N–H and O–H groups in total. The summed E-state index contributed by atoms with van der Waals surface area (Å²) in [4.78, 5) is 9.86. The maximum Gasteiger partial charge on any atom is 0.125 e. The van der Waals surface area contributed by atoms with Crippen LogP contribution in [-0.4, -0.2) is 16.5 Å². The van der Waals surface area contributed by atoms with E-state index in [-0.39, 0.29) is 0 Å². The SMILES string of the molecule is CC(C)CCN(Cc1ncc[nH]1)c1ccccc1. The molecular weight excluding hydrogens is 222 g/mol. The molecule has 0 atom stereocenters. The predicted octanol–water partition coefficient (Wildman–Crippen LogP) is 3.46. The Morgan fingerprint density at radius 2 is 2.00 bits per heavy atom. The molecule has 0 spiro atoms. The van der Waals surface area contributed by atoms with Crippen molar-refractivity contribution in [3.05, 3.63) is 48.5 Å². The highest BCUT2D eigenvalue weighted by Crippen LogP contribution is 2.17. The fraction of sp³-hybridized carbons (Fsp3) is 0.400. The number of hydrogen-bond donors (Lipinski definition) is 1. The van der Waals surface area contributed by atoms with Crippen LogP contribution in [0.1, 0.15) is 26.1 Å². The molecule has 1 heterocycles. The lowest BCUT2D eigenvalue weighted by Gasteiger charge is -2.24. The highest BCUT2D eigenvalue weighted by Gasteiger charge is 2.09. The van der Waals surface area contributed by atoms with Crippen LogP contribution in [0.2, 0.25) is 0 Å². The first kappa shape index (κ1) is 12.7. The summed E-state index contributed by atoms with van der Waals surface area (Å²) in [5, 5.41) is 0. The lowest BCUT2D eigenvalue weighted by atomic mass is 10.1. The maximum atomic E-state index is 4.31. The van der Waals surface area contributed by atoms with Crippen molar-refractivity contribution >= 4 is 5.69 Å². The quantitative estimate of drug-likeness (QED) is 0.842. The second-order valence-corrected chi connectivity index (χ2v) is 4.98. The van der Waals surface area contributed by atoms with Crippen molar-refractivity contribution in [2.45, 2.75) is 26.8 Å². The summed E-state index contributed by atoms with van der Waals surface area (Å²) in [6.07, 6.45) is 4.87. The van der Waals surface area contributed by atoms with Crippen molar-refractivity contribution in [2.24, 2.45) is 5.92 Å². The Hall–Kier alpha value is -1.77. The predicted molar refractivity (Wildman–Crippen MR) is 75.5 cm³/mol. The van der Waals surface area contributed by atoms with Crippen molar-refractivity contribution in [2.75, 3.05) is 11.4 Å². The molecule has 2 aromatic rings. The lowest BCUT2D eigenvalue weighted by Crippen LogP contribution is -2.25. The summed E-state index contributed by atoms with van der Waals surface area (Å²) in [5.74, 6) is 1.73. The molecule has 0 saturated carbocycles. The van der Waals surface area contributed by atoms with Crippen LogP contribution in [0, 0.1) is 5.92 Å². The largest absolute Gasteiger partial charge is 0.364 e. The molecule has 1 aromatic carbocycles. The molecule has 3 heteroatoms. The van der Waals surface area contributed by atoms with Crippen LogP contribution in [-0.2, 0) is 6.54 Å². The van der Waals surface area contributed by atoms with Gasteiger partial charge in [-0.15, -0.1) is 0 Å². The van der Waals surface area contributed by atoms with Gasteiger partial charge in [-0.1, -0.05) is 32.0 Å². The summed E-state index contributed by atoms with van der Waals surface area (Å²) in [6, 6.07) is 10.5. The van der Waals surface area contributed by atoms with Crippen LogP contribution >= 0.6 is 0 Å². The normalized spacial score (nSPS) is 10.8. The Kier molecular flexibility index (Phi) is 4.40. The van der Waals surface area contributed by atoms with Gasteiger partial charge >= 0.3 is 0 Å². The molecule has 2 rings (SSSR count). The van der Waals surface area contributed by atoms with Gasteiger partial charge in [-0.05, 0) is 24.5 Å². The first-order chi connectivity index (χ1) is 8.75. The van der Waals surface area contributed by atoms with Crippen molar-refractivity contribution in [1.82, 2.24) is 9.97 Å². The first-order valence-corrected chi connectivity index (χ1v) is 6.54. The van der Waals surface area contributed by atoms with E-state index in [0.717, 1.165) is 18.9 Å². The van der Waals surface area contributed by atoms with Crippen LogP contribution in [0.25, 0.3) is 0 Å². The Morgan fingerprint density at radius 3 is 2.61 bits per heavy atom. The average Bonchev–Trinajstić information content (AvgIpc) is 2.88. The highest BCUT2D eigenvalue weighted by molar-refractivity contribution is 5.45. The molecule has 96 valence electrons. The minimum absolute atomic E-state index is 0.716. The number of imidazole rings is 1. The fourth-order valence-electron chi connectivity index (χ4n) is 1.92. The minimum atomic E-state index is 0.716. The number of nitrogens with one attached hydrogen (secondary N) is 1. The molecule has 0 unspecified atom stereocenters. The van der Waals surface area contributed by atoms with Gasteiger partial charge in [0.05, 0.1) is 6.54 Å². The van der Waals surface area contributed by atoms with Crippen LogP contribution in [0.5, 0.6) is 0 Å². The van der Waals surface area contributed by atoms with Crippen LogP contribution < -0.4 is 4.90 Å². The molecule has 1 aromatic heterocycles. The molecule has 0 aliphatic heterocycles. The summed E-state index contributed by atoms with van der Waals surface area (Å²) in [5.41, 5.74) is 1.26. The van der Waals surface area contributed by atoms with Gasteiger partial charge in [-0.25, -0.2) is 4.98 Å². The Morgan fingerprint density at radius 1 is 1.22 bits per heavy atom. The molecule has 0 amide bonds. The molecule has 0 fully saturated rings. The number of aromatic amines is 1. The van der Waals surface area contributed by atoms with Gasteiger partial charge in [0.15, 0.2) is 0 Å². The molecule has 0 saturated heterocycles.